The summed E-state index contributed by atoms with van der Waals surface area (Å²) in [4.78, 5) is 24.1. The molecule has 0 aliphatic carbocycles. The molecule has 1 aliphatic heterocycles. The van der Waals surface area contributed by atoms with E-state index in [1.165, 1.54) is 17.5 Å². The zero-order chi connectivity index (χ0) is 16.4. The third-order valence-electron chi connectivity index (χ3n) is 4.34. The van der Waals surface area contributed by atoms with Gasteiger partial charge in [0.2, 0.25) is 0 Å². The van der Waals surface area contributed by atoms with E-state index >= 15 is 0 Å². The Labute approximate surface area is 140 Å². The van der Waals surface area contributed by atoms with E-state index in [-0.39, 0.29) is 0 Å². The summed E-state index contributed by atoms with van der Waals surface area (Å²) in [7, 11) is 0. The third-order valence-corrected chi connectivity index (χ3v) is 4.34. The van der Waals surface area contributed by atoms with Gasteiger partial charge in [-0.15, -0.1) is 0 Å². The van der Waals surface area contributed by atoms with Gasteiger partial charge in [0.05, 0.1) is 11.3 Å². The quantitative estimate of drug-likeness (QED) is 0.737. The Morgan fingerprint density at radius 2 is 2.00 bits per heavy atom. The molecule has 0 bridgehead atoms. The number of hydrogen-bond donors (Lipinski definition) is 0. The molecule has 3 aromatic heterocycles. The summed E-state index contributed by atoms with van der Waals surface area (Å²) in [6, 6.07) is 4.14. The SMILES string of the molecule is Cc1ncccc1CN1CCc2nc(-c3cncnc3)ncc2C1. The van der Waals surface area contributed by atoms with Crippen LogP contribution in [0.25, 0.3) is 11.4 Å². The molecule has 0 saturated heterocycles. The van der Waals surface area contributed by atoms with Crippen molar-refractivity contribution in [3.05, 3.63) is 65.8 Å². The number of fused-ring (bicyclic) bond motifs is 1. The van der Waals surface area contributed by atoms with Gasteiger partial charge >= 0.3 is 0 Å². The summed E-state index contributed by atoms with van der Waals surface area (Å²) in [5.41, 5.74) is 5.55. The van der Waals surface area contributed by atoms with Gasteiger partial charge in [0, 0.05) is 62.1 Å². The second-order valence-electron chi connectivity index (χ2n) is 6.00. The molecule has 0 spiro atoms. The molecule has 120 valence electrons. The van der Waals surface area contributed by atoms with E-state index in [9.17, 15) is 0 Å². The van der Waals surface area contributed by atoms with Crippen LogP contribution in [0.4, 0.5) is 0 Å². The van der Waals surface area contributed by atoms with Gasteiger partial charge in [0.25, 0.3) is 0 Å². The molecule has 4 rings (SSSR count). The van der Waals surface area contributed by atoms with Crippen LogP contribution in [-0.2, 0) is 19.5 Å². The third kappa shape index (κ3) is 3.00. The molecule has 0 aromatic carbocycles. The summed E-state index contributed by atoms with van der Waals surface area (Å²) in [6.45, 7) is 4.83. The molecular weight excluding hydrogens is 300 g/mol. The summed E-state index contributed by atoms with van der Waals surface area (Å²) in [6.07, 6.45) is 9.71. The summed E-state index contributed by atoms with van der Waals surface area (Å²) >= 11 is 0. The number of aromatic nitrogens is 5. The molecule has 0 radical (unpaired) electrons. The zero-order valence-corrected chi connectivity index (χ0v) is 13.6. The van der Waals surface area contributed by atoms with E-state index in [1.807, 2.05) is 18.5 Å². The highest BCUT2D eigenvalue weighted by molar-refractivity contribution is 5.52. The molecule has 0 N–H and O–H groups in total. The first-order valence-corrected chi connectivity index (χ1v) is 8.02. The smallest absolute Gasteiger partial charge is 0.162 e. The van der Waals surface area contributed by atoms with E-state index < -0.39 is 0 Å². The van der Waals surface area contributed by atoms with Crippen molar-refractivity contribution in [1.29, 1.82) is 0 Å². The fraction of sp³-hybridized carbons (Fsp3) is 0.278. The van der Waals surface area contributed by atoms with Crippen molar-refractivity contribution in [1.82, 2.24) is 29.8 Å². The number of pyridine rings is 1. The lowest BCUT2D eigenvalue weighted by Gasteiger charge is -2.28. The van der Waals surface area contributed by atoms with Crippen LogP contribution in [0.3, 0.4) is 0 Å². The maximum Gasteiger partial charge on any atom is 0.162 e. The summed E-state index contributed by atoms with van der Waals surface area (Å²) < 4.78 is 0. The monoisotopic (exact) mass is 318 g/mol. The van der Waals surface area contributed by atoms with Crippen molar-refractivity contribution >= 4 is 0 Å². The summed E-state index contributed by atoms with van der Waals surface area (Å²) in [5.74, 6) is 0.700. The zero-order valence-electron chi connectivity index (χ0n) is 13.6. The van der Waals surface area contributed by atoms with Crippen LogP contribution in [0.2, 0.25) is 0 Å². The lowest BCUT2D eigenvalue weighted by molar-refractivity contribution is 0.242. The van der Waals surface area contributed by atoms with Crippen LogP contribution in [-0.4, -0.2) is 36.4 Å². The van der Waals surface area contributed by atoms with Crippen LogP contribution in [0, 0.1) is 6.92 Å². The van der Waals surface area contributed by atoms with Crippen LogP contribution >= 0.6 is 0 Å². The highest BCUT2D eigenvalue weighted by Gasteiger charge is 2.19. The predicted octanol–water partition coefficient (Wildman–Crippen LogP) is 2.20. The van der Waals surface area contributed by atoms with Crippen molar-refractivity contribution in [3.63, 3.8) is 0 Å². The van der Waals surface area contributed by atoms with Gasteiger partial charge in [-0.2, -0.15) is 0 Å². The highest BCUT2D eigenvalue weighted by atomic mass is 15.1. The van der Waals surface area contributed by atoms with Gasteiger partial charge in [-0.3, -0.25) is 9.88 Å². The van der Waals surface area contributed by atoms with Gasteiger partial charge in [-0.1, -0.05) is 6.07 Å². The van der Waals surface area contributed by atoms with Gasteiger partial charge < -0.3 is 0 Å². The normalized spacial score (nSPS) is 14.4. The molecule has 4 heterocycles. The topological polar surface area (TPSA) is 67.7 Å². The van der Waals surface area contributed by atoms with Gasteiger partial charge in [0.15, 0.2) is 5.82 Å². The molecule has 6 nitrogen and oxygen atoms in total. The molecule has 0 unspecified atom stereocenters. The van der Waals surface area contributed by atoms with Crippen LogP contribution in [0.5, 0.6) is 0 Å². The molecule has 0 fully saturated rings. The molecule has 0 amide bonds. The number of nitrogens with zero attached hydrogens (tertiary/aromatic N) is 6. The maximum absolute atomic E-state index is 4.71. The van der Waals surface area contributed by atoms with Crippen molar-refractivity contribution in [2.75, 3.05) is 6.54 Å². The van der Waals surface area contributed by atoms with E-state index in [0.717, 1.165) is 43.0 Å². The van der Waals surface area contributed by atoms with Crippen molar-refractivity contribution in [2.24, 2.45) is 0 Å². The fourth-order valence-corrected chi connectivity index (χ4v) is 2.99. The average Bonchev–Trinajstić information content (AvgIpc) is 2.64. The minimum Gasteiger partial charge on any atom is -0.294 e. The average molecular weight is 318 g/mol. The van der Waals surface area contributed by atoms with E-state index in [1.54, 1.807) is 12.4 Å². The Kier molecular flexibility index (Phi) is 3.96. The number of hydrogen-bond acceptors (Lipinski definition) is 6. The van der Waals surface area contributed by atoms with E-state index in [4.69, 9.17) is 4.98 Å². The fourth-order valence-electron chi connectivity index (χ4n) is 2.99. The first kappa shape index (κ1) is 14.8. The molecule has 0 saturated carbocycles. The molecule has 1 aliphatic rings. The molecular formula is C18H18N6. The largest absolute Gasteiger partial charge is 0.294 e. The maximum atomic E-state index is 4.71. The predicted molar refractivity (Wildman–Crippen MR) is 89.9 cm³/mol. The van der Waals surface area contributed by atoms with E-state index in [0.29, 0.717) is 5.82 Å². The minimum absolute atomic E-state index is 0.700. The Morgan fingerprint density at radius 3 is 2.83 bits per heavy atom. The van der Waals surface area contributed by atoms with E-state index in [2.05, 4.69) is 37.8 Å². The molecule has 24 heavy (non-hydrogen) atoms. The second-order valence-corrected chi connectivity index (χ2v) is 6.00. The van der Waals surface area contributed by atoms with Gasteiger partial charge in [-0.25, -0.2) is 19.9 Å². The van der Waals surface area contributed by atoms with Crippen LogP contribution < -0.4 is 0 Å². The number of aryl methyl sites for hydroxylation is 1. The Morgan fingerprint density at radius 1 is 1.12 bits per heavy atom. The minimum atomic E-state index is 0.700. The van der Waals surface area contributed by atoms with Crippen molar-refractivity contribution < 1.29 is 0 Å². The molecule has 6 heteroatoms. The first-order valence-electron chi connectivity index (χ1n) is 8.02. The molecule has 0 atom stereocenters. The standard InChI is InChI=1S/C18H18N6/c1-13-14(3-2-5-21-13)10-24-6-4-17-16(11-24)9-22-18(23-17)15-7-19-12-20-8-15/h2-3,5,7-9,12H,4,6,10-11H2,1H3. The van der Waals surface area contributed by atoms with Gasteiger partial charge in [-0.05, 0) is 18.6 Å². The van der Waals surface area contributed by atoms with Gasteiger partial charge in [0.1, 0.15) is 6.33 Å². The first-order chi connectivity index (χ1) is 11.8. The van der Waals surface area contributed by atoms with Crippen molar-refractivity contribution in [3.8, 4) is 11.4 Å². The van der Waals surface area contributed by atoms with Crippen LogP contribution in [0.15, 0.2) is 43.2 Å². The lowest BCUT2D eigenvalue weighted by Crippen LogP contribution is -2.31. The second kappa shape index (κ2) is 6.41. The lowest BCUT2D eigenvalue weighted by atomic mass is 10.1. The van der Waals surface area contributed by atoms with Crippen LogP contribution in [0.1, 0.15) is 22.5 Å². The highest BCUT2D eigenvalue weighted by Crippen LogP contribution is 2.21. The Hall–Kier alpha value is -2.73. The van der Waals surface area contributed by atoms with Crippen molar-refractivity contribution in [2.45, 2.75) is 26.4 Å². The number of rotatable bonds is 3. The molecule has 3 aromatic rings. The Balaban J connectivity index is 1.53. The Bertz CT molecular complexity index is 849. The summed E-state index contributed by atoms with van der Waals surface area (Å²) in [5, 5.41) is 0.